The summed E-state index contributed by atoms with van der Waals surface area (Å²) in [5.74, 6) is 0.671. The van der Waals surface area contributed by atoms with E-state index in [1.807, 2.05) is 0 Å². The monoisotopic (exact) mass is 395 g/mol. The SMILES string of the molecule is COc1ccc(S(=O)(=O)n2ccc3c(C#N)cccc32)cc1N1CCCCC1. The second kappa shape index (κ2) is 7.21. The molecule has 0 radical (unpaired) electrons. The molecule has 1 aliphatic heterocycles. The zero-order valence-corrected chi connectivity index (χ0v) is 16.4. The van der Waals surface area contributed by atoms with Gasteiger partial charge in [0.05, 0.1) is 34.8 Å². The van der Waals surface area contributed by atoms with Crippen molar-refractivity contribution in [2.75, 3.05) is 25.1 Å². The van der Waals surface area contributed by atoms with Gasteiger partial charge in [0.2, 0.25) is 0 Å². The van der Waals surface area contributed by atoms with Gasteiger partial charge in [0.15, 0.2) is 0 Å². The number of aromatic nitrogens is 1. The van der Waals surface area contributed by atoms with Crippen LogP contribution in [0.4, 0.5) is 5.69 Å². The van der Waals surface area contributed by atoms with Gasteiger partial charge in [-0.3, -0.25) is 0 Å². The van der Waals surface area contributed by atoms with Gasteiger partial charge in [0, 0.05) is 24.7 Å². The lowest BCUT2D eigenvalue weighted by molar-refractivity contribution is 0.412. The first-order valence-electron chi connectivity index (χ1n) is 9.25. The third-order valence-corrected chi connectivity index (χ3v) is 6.91. The molecular formula is C21H21N3O3S. The highest BCUT2D eigenvalue weighted by atomic mass is 32.2. The zero-order chi connectivity index (χ0) is 19.7. The van der Waals surface area contributed by atoms with Crippen LogP contribution in [0.25, 0.3) is 10.9 Å². The molecule has 0 spiro atoms. The number of ether oxygens (including phenoxy) is 1. The molecule has 28 heavy (non-hydrogen) atoms. The van der Waals surface area contributed by atoms with E-state index in [-0.39, 0.29) is 4.90 Å². The Kier molecular flexibility index (Phi) is 4.73. The highest BCUT2D eigenvalue weighted by molar-refractivity contribution is 7.90. The van der Waals surface area contributed by atoms with E-state index in [0.717, 1.165) is 31.6 Å². The minimum atomic E-state index is -3.81. The summed E-state index contributed by atoms with van der Waals surface area (Å²) in [5.41, 5.74) is 1.75. The van der Waals surface area contributed by atoms with Crippen LogP contribution in [0.3, 0.4) is 0 Å². The van der Waals surface area contributed by atoms with Gasteiger partial charge in [-0.1, -0.05) is 6.07 Å². The van der Waals surface area contributed by atoms with E-state index in [4.69, 9.17) is 4.74 Å². The van der Waals surface area contributed by atoms with Crippen LogP contribution in [0.15, 0.2) is 53.6 Å². The number of benzene rings is 2. The molecule has 3 aromatic rings. The fourth-order valence-corrected chi connectivity index (χ4v) is 5.14. The van der Waals surface area contributed by atoms with Crippen LogP contribution in [0.1, 0.15) is 24.8 Å². The number of piperidine rings is 1. The molecule has 0 bridgehead atoms. The number of nitrogens with zero attached hydrogens (tertiary/aromatic N) is 3. The average molecular weight is 395 g/mol. The van der Waals surface area contributed by atoms with Crippen molar-refractivity contribution in [2.45, 2.75) is 24.2 Å². The molecule has 7 heteroatoms. The van der Waals surface area contributed by atoms with E-state index in [0.29, 0.717) is 22.2 Å². The minimum Gasteiger partial charge on any atom is -0.495 e. The van der Waals surface area contributed by atoms with E-state index < -0.39 is 10.0 Å². The van der Waals surface area contributed by atoms with Gasteiger partial charge < -0.3 is 9.64 Å². The number of fused-ring (bicyclic) bond motifs is 1. The lowest BCUT2D eigenvalue weighted by Crippen LogP contribution is -2.30. The molecular weight excluding hydrogens is 374 g/mol. The summed E-state index contributed by atoms with van der Waals surface area (Å²) in [6.45, 7) is 1.77. The maximum atomic E-state index is 13.4. The molecule has 0 saturated carbocycles. The van der Waals surface area contributed by atoms with Gasteiger partial charge in [-0.05, 0) is 55.7 Å². The molecule has 1 aromatic heterocycles. The molecule has 0 atom stereocenters. The molecule has 2 aromatic carbocycles. The highest BCUT2D eigenvalue weighted by Crippen LogP contribution is 2.34. The molecule has 4 rings (SSSR count). The van der Waals surface area contributed by atoms with Crippen LogP contribution in [-0.2, 0) is 10.0 Å². The Hall–Kier alpha value is -2.98. The molecule has 0 N–H and O–H groups in total. The number of anilines is 1. The summed E-state index contributed by atoms with van der Waals surface area (Å²) in [6, 6.07) is 13.8. The number of methoxy groups -OCH3 is 1. The average Bonchev–Trinajstić information content (AvgIpc) is 3.19. The van der Waals surface area contributed by atoms with Gasteiger partial charge in [-0.2, -0.15) is 5.26 Å². The first kappa shape index (κ1) is 18.4. The van der Waals surface area contributed by atoms with Crippen LogP contribution in [0, 0.1) is 11.3 Å². The quantitative estimate of drug-likeness (QED) is 0.673. The van der Waals surface area contributed by atoms with Crippen molar-refractivity contribution in [3.05, 3.63) is 54.2 Å². The Balaban J connectivity index is 1.83. The molecule has 0 aliphatic carbocycles. The molecule has 1 aliphatic rings. The fraction of sp³-hybridized carbons (Fsp3) is 0.286. The summed E-state index contributed by atoms with van der Waals surface area (Å²) < 4.78 is 33.4. The Labute approximate surface area is 164 Å². The third kappa shape index (κ3) is 3.00. The van der Waals surface area contributed by atoms with Crippen molar-refractivity contribution in [3.63, 3.8) is 0 Å². The van der Waals surface area contributed by atoms with Crippen LogP contribution < -0.4 is 9.64 Å². The number of hydrogen-bond acceptors (Lipinski definition) is 5. The number of rotatable bonds is 4. The van der Waals surface area contributed by atoms with Crippen molar-refractivity contribution in [1.29, 1.82) is 5.26 Å². The molecule has 144 valence electrons. The largest absolute Gasteiger partial charge is 0.495 e. The smallest absolute Gasteiger partial charge is 0.268 e. The fourth-order valence-electron chi connectivity index (χ4n) is 3.78. The van der Waals surface area contributed by atoms with Crippen molar-refractivity contribution in [2.24, 2.45) is 0 Å². The van der Waals surface area contributed by atoms with Gasteiger partial charge in [0.1, 0.15) is 5.75 Å². The van der Waals surface area contributed by atoms with Crippen LogP contribution in [-0.4, -0.2) is 32.6 Å². The second-order valence-corrected chi connectivity index (χ2v) is 8.66. The van der Waals surface area contributed by atoms with Crippen molar-refractivity contribution in [1.82, 2.24) is 3.97 Å². The first-order valence-corrected chi connectivity index (χ1v) is 10.7. The first-order chi connectivity index (χ1) is 13.6. The van der Waals surface area contributed by atoms with Crippen molar-refractivity contribution < 1.29 is 13.2 Å². The van der Waals surface area contributed by atoms with E-state index in [2.05, 4.69) is 11.0 Å². The summed E-state index contributed by atoms with van der Waals surface area (Å²) >= 11 is 0. The van der Waals surface area contributed by atoms with E-state index >= 15 is 0 Å². The topological polar surface area (TPSA) is 75.3 Å². The number of hydrogen-bond donors (Lipinski definition) is 0. The molecule has 6 nitrogen and oxygen atoms in total. The standard InChI is InChI=1S/C21H21N3O3S/c1-27-21-9-8-17(14-20(21)23-11-3-2-4-12-23)28(25,26)24-13-10-18-16(15-22)6-5-7-19(18)24/h5-10,13-14H,2-4,11-12H2,1H3. The molecule has 0 amide bonds. The highest BCUT2D eigenvalue weighted by Gasteiger charge is 2.23. The van der Waals surface area contributed by atoms with Gasteiger partial charge in [-0.25, -0.2) is 12.4 Å². The second-order valence-electron chi connectivity index (χ2n) is 6.85. The summed E-state index contributed by atoms with van der Waals surface area (Å²) in [6.07, 6.45) is 4.86. The summed E-state index contributed by atoms with van der Waals surface area (Å²) in [4.78, 5) is 2.39. The van der Waals surface area contributed by atoms with E-state index in [9.17, 15) is 13.7 Å². The Morgan fingerprint density at radius 2 is 1.86 bits per heavy atom. The number of nitriles is 1. The maximum Gasteiger partial charge on any atom is 0.268 e. The van der Waals surface area contributed by atoms with E-state index in [1.54, 1.807) is 49.6 Å². The maximum absolute atomic E-state index is 13.4. The molecule has 1 saturated heterocycles. The molecule has 1 fully saturated rings. The third-order valence-electron chi connectivity index (χ3n) is 5.22. The predicted molar refractivity (Wildman–Crippen MR) is 108 cm³/mol. The van der Waals surface area contributed by atoms with Crippen LogP contribution >= 0.6 is 0 Å². The van der Waals surface area contributed by atoms with E-state index in [1.165, 1.54) is 16.6 Å². The predicted octanol–water partition coefficient (Wildman–Crippen LogP) is 3.75. The van der Waals surface area contributed by atoms with Crippen LogP contribution in [0.5, 0.6) is 5.75 Å². The zero-order valence-electron chi connectivity index (χ0n) is 15.6. The van der Waals surface area contributed by atoms with Gasteiger partial charge in [0.25, 0.3) is 10.0 Å². The van der Waals surface area contributed by atoms with Crippen molar-refractivity contribution >= 4 is 26.6 Å². The molecule has 2 heterocycles. The van der Waals surface area contributed by atoms with Gasteiger partial charge in [-0.15, -0.1) is 0 Å². The molecule has 0 unspecified atom stereocenters. The minimum absolute atomic E-state index is 0.203. The van der Waals surface area contributed by atoms with Crippen LogP contribution in [0.2, 0.25) is 0 Å². The normalized spacial score (nSPS) is 14.8. The summed E-state index contributed by atoms with van der Waals surface area (Å²) in [5, 5.41) is 9.90. The van der Waals surface area contributed by atoms with Crippen molar-refractivity contribution in [3.8, 4) is 11.8 Å². The summed E-state index contributed by atoms with van der Waals surface area (Å²) in [7, 11) is -2.21. The Morgan fingerprint density at radius 3 is 2.57 bits per heavy atom. The van der Waals surface area contributed by atoms with Gasteiger partial charge >= 0.3 is 0 Å². The lowest BCUT2D eigenvalue weighted by atomic mass is 10.1. The lowest BCUT2D eigenvalue weighted by Gasteiger charge is -2.30. The Morgan fingerprint density at radius 1 is 1.07 bits per heavy atom. The Bertz CT molecular complexity index is 1170.